The maximum absolute atomic E-state index is 13.6. The minimum Gasteiger partial charge on any atom is -0.460 e. The zero-order valence-electron chi connectivity index (χ0n) is 13.4. The molecule has 0 fully saturated rings. The van der Waals surface area contributed by atoms with Crippen LogP contribution in [0.25, 0.3) is 0 Å². The van der Waals surface area contributed by atoms with Crippen molar-refractivity contribution in [3.05, 3.63) is 90.0 Å². The quantitative estimate of drug-likeness (QED) is 0.629. The number of halogens is 1. The number of carbonyl (C=O) groups is 1. The molecule has 3 aromatic rings. The van der Waals surface area contributed by atoms with Crippen molar-refractivity contribution in [1.29, 1.82) is 0 Å². The van der Waals surface area contributed by atoms with Crippen molar-refractivity contribution >= 4 is 5.97 Å². The molecule has 0 saturated heterocycles. The fourth-order valence-electron chi connectivity index (χ4n) is 2.26. The summed E-state index contributed by atoms with van der Waals surface area (Å²) < 4.78 is 24.6. The second kappa shape index (κ2) is 8.06. The lowest BCUT2D eigenvalue weighted by Crippen LogP contribution is -2.09. The maximum atomic E-state index is 13.6. The first-order chi connectivity index (χ1) is 12.2. The summed E-state index contributed by atoms with van der Waals surface area (Å²) in [4.78, 5) is 16.0. The van der Waals surface area contributed by atoms with Gasteiger partial charge in [0.05, 0.1) is 12.6 Å². The highest BCUT2D eigenvalue weighted by Crippen LogP contribution is 2.25. The molecule has 0 saturated carbocycles. The highest BCUT2D eigenvalue weighted by molar-refractivity contribution is 5.72. The van der Waals surface area contributed by atoms with E-state index in [-0.39, 0.29) is 13.0 Å². The van der Waals surface area contributed by atoms with E-state index in [1.165, 1.54) is 6.07 Å². The first-order valence-electron chi connectivity index (χ1n) is 7.77. The third-order valence-electron chi connectivity index (χ3n) is 3.52. The van der Waals surface area contributed by atoms with Crippen molar-refractivity contribution in [1.82, 2.24) is 4.98 Å². The third-order valence-corrected chi connectivity index (χ3v) is 3.52. The monoisotopic (exact) mass is 337 g/mol. The maximum Gasteiger partial charge on any atom is 0.310 e. The largest absolute Gasteiger partial charge is 0.460 e. The molecule has 1 heterocycles. The molecule has 126 valence electrons. The molecule has 2 aromatic carbocycles. The Morgan fingerprint density at radius 1 is 0.960 bits per heavy atom. The average Bonchev–Trinajstić information content (AvgIpc) is 2.64. The van der Waals surface area contributed by atoms with Crippen molar-refractivity contribution in [2.24, 2.45) is 0 Å². The van der Waals surface area contributed by atoms with Crippen LogP contribution in [0.4, 0.5) is 4.39 Å². The van der Waals surface area contributed by atoms with Gasteiger partial charge in [0.1, 0.15) is 23.9 Å². The van der Waals surface area contributed by atoms with Crippen LogP contribution >= 0.6 is 0 Å². The zero-order chi connectivity index (χ0) is 17.5. The molecule has 0 N–H and O–H groups in total. The third kappa shape index (κ3) is 4.64. The number of hydrogen-bond acceptors (Lipinski definition) is 4. The topological polar surface area (TPSA) is 48.4 Å². The first kappa shape index (κ1) is 16.6. The van der Waals surface area contributed by atoms with E-state index in [0.29, 0.717) is 22.6 Å². The van der Waals surface area contributed by atoms with Gasteiger partial charge in [0, 0.05) is 11.8 Å². The number of para-hydroxylation sites is 1. The van der Waals surface area contributed by atoms with Gasteiger partial charge in [-0.2, -0.15) is 0 Å². The summed E-state index contributed by atoms with van der Waals surface area (Å²) in [6, 6.07) is 17.0. The summed E-state index contributed by atoms with van der Waals surface area (Å²) in [7, 11) is 0. The van der Waals surface area contributed by atoms with Crippen molar-refractivity contribution in [3.8, 4) is 11.5 Å². The minimum absolute atomic E-state index is 0.0454. The van der Waals surface area contributed by atoms with Gasteiger partial charge in [-0.05, 0) is 29.8 Å². The van der Waals surface area contributed by atoms with Gasteiger partial charge in [-0.25, -0.2) is 4.39 Å². The molecule has 0 radical (unpaired) electrons. The Morgan fingerprint density at radius 2 is 1.72 bits per heavy atom. The number of nitrogens with zero attached hydrogens (tertiary/aromatic N) is 1. The second-order valence-corrected chi connectivity index (χ2v) is 5.33. The highest BCUT2D eigenvalue weighted by atomic mass is 19.1. The van der Waals surface area contributed by atoms with Crippen molar-refractivity contribution < 1.29 is 18.7 Å². The van der Waals surface area contributed by atoms with Crippen LogP contribution in [0.5, 0.6) is 11.5 Å². The molecule has 4 nitrogen and oxygen atoms in total. The fourth-order valence-corrected chi connectivity index (χ4v) is 2.26. The number of rotatable bonds is 6. The molecule has 5 heteroatoms. The standard InChI is InChI=1S/C20H16FNO3/c21-18-9-3-1-6-15(18)12-20(23)24-14-16-7-2-4-10-19(16)25-17-8-5-11-22-13-17/h1-11,13H,12,14H2. The van der Waals surface area contributed by atoms with Crippen LogP contribution in [0, 0.1) is 5.82 Å². The van der Waals surface area contributed by atoms with E-state index in [0.717, 1.165) is 0 Å². The van der Waals surface area contributed by atoms with Crippen LogP contribution in [0.2, 0.25) is 0 Å². The number of esters is 1. The van der Waals surface area contributed by atoms with Gasteiger partial charge in [-0.1, -0.05) is 36.4 Å². The van der Waals surface area contributed by atoms with Crippen molar-refractivity contribution in [2.75, 3.05) is 0 Å². The molecule has 0 spiro atoms. The predicted molar refractivity (Wildman–Crippen MR) is 90.7 cm³/mol. The number of hydrogen-bond donors (Lipinski definition) is 0. The number of aromatic nitrogens is 1. The van der Waals surface area contributed by atoms with Gasteiger partial charge in [0.2, 0.25) is 0 Å². The average molecular weight is 337 g/mol. The Balaban J connectivity index is 1.63. The molecule has 0 atom stereocenters. The predicted octanol–water partition coefficient (Wildman–Crippen LogP) is 4.30. The summed E-state index contributed by atoms with van der Waals surface area (Å²) in [5.41, 5.74) is 1.03. The van der Waals surface area contributed by atoms with Crippen LogP contribution in [-0.4, -0.2) is 11.0 Å². The van der Waals surface area contributed by atoms with Crippen LogP contribution in [0.15, 0.2) is 73.1 Å². The number of benzene rings is 2. The lowest BCUT2D eigenvalue weighted by Gasteiger charge is -2.11. The van der Waals surface area contributed by atoms with Crippen LogP contribution in [0.3, 0.4) is 0 Å². The lowest BCUT2D eigenvalue weighted by molar-refractivity contribution is -0.144. The van der Waals surface area contributed by atoms with E-state index < -0.39 is 11.8 Å². The van der Waals surface area contributed by atoms with Gasteiger partial charge in [0.25, 0.3) is 0 Å². The van der Waals surface area contributed by atoms with Crippen molar-refractivity contribution in [2.45, 2.75) is 13.0 Å². The molecule has 0 aliphatic heterocycles. The smallest absolute Gasteiger partial charge is 0.310 e. The van der Waals surface area contributed by atoms with Gasteiger partial charge in [-0.15, -0.1) is 0 Å². The first-order valence-corrected chi connectivity index (χ1v) is 7.77. The molecule has 0 aliphatic rings. The van der Waals surface area contributed by atoms with E-state index in [2.05, 4.69) is 4.98 Å². The molecular formula is C20H16FNO3. The van der Waals surface area contributed by atoms with Crippen LogP contribution in [0.1, 0.15) is 11.1 Å². The van der Waals surface area contributed by atoms with E-state index in [4.69, 9.17) is 9.47 Å². The molecule has 0 unspecified atom stereocenters. The summed E-state index contributed by atoms with van der Waals surface area (Å²) in [6.45, 7) is 0.0454. The summed E-state index contributed by atoms with van der Waals surface area (Å²) in [5.74, 6) is 0.253. The summed E-state index contributed by atoms with van der Waals surface area (Å²) in [6.07, 6.45) is 3.14. The summed E-state index contributed by atoms with van der Waals surface area (Å²) >= 11 is 0. The molecule has 3 rings (SSSR count). The Labute approximate surface area is 144 Å². The van der Waals surface area contributed by atoms with Gasteiger partial charge >= 0.3 is 5.97 Å². The van der Waals surface area contributed by atoms with Crippen LogP contribution in [-0.2, 0) is 22.6 Å². The van der Waals surface area contributed by atoms with Crippen molar-refractivity contribution in [3.63, 3.8) is 0 Å². The van der Waals surface area contributed by atoms with Gasteiger partial charge < -0.3 is 9.47 Å². The fraction of sp³-hybridized carbons (Fsp3) is 0.100. The molecule has 0 aliphatic carbocycles. The Morgan fingerprint density at radius 3 is 2.48 bits per heavy atom. The minimum atomic E-state index is -0.499. The molecular weight excluding hydrogens is 321 g/mol. The van der Waals surface area contributed by atoms with E-state index in [1.807, 2.05) is 18.2 Å². The lowest BCUT2D eigenvalue weighted by atomic mass is 10.1. The van der Waals surface area contributed by atoms with Crippen LogP contribution < -0.4 is 4.74 Å². The number of ether oxygens (including phenoxy) is 2. The molecule has 0 amide bonds. The Bertz CT molecular complexity index is 852. The normalized spacial score (nSPS) is 10.3. The second-order valence-electron chi connectivity index (χ2n) is 5.33. The Hall–Kier alpha value is -3.21. The Kier molecular flexibility index (Phi) is 5.36. The van der Waals surface area contributed by atoms with E-state index >= 15 is 0 Å². The summed E-state index contributed by atoms with van der Waals surface area (Å²) in [5, 5.41) is 0. The number of carbonyl (C=O) groups excluding carboxylic acids is 1. The highest BCUT2D eigenvalue weighted by Gasteiger charge is 2.11. The molecule has 1 aromatic heterocycles. The zero-order valence-corrected chi connectivity index (χ0v) is 13.4. The molecule has 0 bridgehead atoms. The van der Waals surface area contributed by atoms with E-state index in [9.17, 15) is 9.18 Å². The van der Waals surface area contributed by atoms with Gasteiger partial charge in [0.15, 0.2) is 0 Å². The molecule has 25 heavy (non-hydrogen) atoms. The van der Waals surface area contributed by atoms with E-state index in [1.54, 1.807) is 48.8 Å². The SMILES string of the molecule is O=C(Cc1ccccc1F)OCc1ccccc1Oc1cccnc1. The number of pyridine rings is 1. The van der Waals surface area contributed by atoms with Gasteiger partial charge in [-0.3, -0.25) is 9.78 Å².